The molecule has 1 aliphatic rings. The molecule has 0 bridgehead atoms. The van der Waals surface area contributed by atoms with E-state index in [0.29, 0.717) is 30.8 Å². The summed E-state index contributed by atoms with van der Waals surface area (Å²) in [5.41, 5.74) is 2.07. The van der Waals surface area contributed by atoms with Crippen LogP contribution in [0.2, 0.25) is 0 Å². The van der Waals surface area contributed by atoms with Gasteiger partial charge in [0.15, 0.2) is 0 Å². The molecule has 24 heavy (non-hydrogen) atoms. The van der Waals surface area contributed by atoms with E-state index < -0.39 is 0 Å². The lowest BCUT2D eigenvalue weighted by Crippen LogP contribution is -2.34. The third-order valence-corrected chi connectivity index (χ3v) is 3.54. The van der Waals surface area contributed by atoms with E-state index in [1.54, 1.807) is 30.6 Å². The van der Waals surface area contributed by atoms with Gasteiger partial charge in [0.1, 0.15) is 17.7 Å². The van der Waals surface area contributed by atoms with Gasteiger partial charge >= 0.3 is 0 Å². The lowest BCUT2D eigenvalue weighted by atomic mass is 10.00. The average molecular weight is 329 g/mol. The molecule has 1 aliphatic carbocycles. The Labute approximate surface area is 142 Å². The minimum absolute atomic E-state index is 0.0321. The van der Waals surface area contributed by atoms with Crippen molar-refractivity contribution in [2.75, 3.05) is 13.2 Å². The second-order valence-corrected chi connectivity index (χ2v) is 5.42. The summed E-state index contributed by atoms with van der Waals surface area (Å²) in [4.78, 5) is 16.5. The topological polar surface area (TPSA) is 84.3 Å². The Hall–Kier alpha value is -2.47. The van der Waals surface area contributed by atoms with Crippen LogP contribution in [0.15, 0.2) is 41.9 Å². The lowest BCUT2D eigenvalue weighted by Gasteiger charge is -2.24. The van der Waals surface area contributed by atoms with E-state index in [0.717, 1.165) is 11.3 Å². The Morgan fingerprint density at radius 2 is 2.12 bits per heavy atom. The van der Waals surface area contributed by atoms with Crippen LogP contribution in [0, 0.1) is 12.3 Å². The van der Waals surface area contributed by atoms with Gasteiger partial charge in [-0.25, -0.2) is 0 Å². The van der Waals surface area contributed by atoms with Crippen molar-refractivity contribution in [3.05, 3.63) is 53.1 Å². The van der Waals surface area contributed by atoms with E-state index in [9.17, 15) is 4.79 Å². The van der Waals surface area contributed by atoms with Crippen LogP contribution in [0.4, 0.5) is 0 Å². The van der Waals surface area contributed by atoms with Crippen LogP contribution in [-0.4, -0.2) is 36.0 Å². The first-order valence-corrected chi connectivity index (χ1v) is 8.02. The van der Waals surface area contributed by atoms with E-state index in [-0.39, 0.29) is 17.8 Å². The van der Waals surface area contributed by atoms with Gasteiger partial charge in [-0.1, -0.05) is 0 Å². The first-order chi connectivity index (χ1) is 11.5. The van der Waals surface area contributed by atoms with Gasteiger partial charge in [0.05, 0.1) is 6.61 Å². The number of hydrogen-bond acceptors (Lipinski definition) is 5. The number of amides is 1. The molecule has 0 aromatic carbocycles. The van der Waals surface area contributed by atoms with E-state index in [2.05, 4.69) is 10.3 Å². The molecule has 0 radical (unpaired) electrons. The first kappa shape index (κ1) is 17.9. The number of ether oxygens (including phenoxy) is 2. The number of carbonyl (C=O) groups is 1. The number of hydrogen-bond donors (Lipinski definition) is 2. The van der Waals surface area contributed by atoms with Crippen molar-refractivity contribution in [3.63, 3.8) is 0 Å². The smallest absolute Gasteiger partial charge is 0.252 e. The molecule has 1 atom stereocenters. The monoisotopic (exact) mass is 329 g/mol. The number of allylic oxidation sites excluding steroid dienone is 2. The van der Waals surface area contributed by atoms with Gasteiger partial charge in [-0.3, -0.25) is 15.2 Å². The summed E-state index contributed by atoms with van der Waals surface area (Å²) >= 11 is 0. The predicted octanol–water partition coefficient (Wildman–Crippen LogP) is 2.49. The zero-order valence-corrected chi connectivity index (χ0v) is 14.3. The van der Waals surface area contributed by atoms with Crippen LogP contribution < -0.4 is 5.32 Å². The number of carbonyl (C=O) groups excluding carboxylic acids is 1. The Bertz CT molecular complexity index is 680. The standard InChI is InChI=1S/C18H23N3O3/c1-4-23-15-7-6-13(9-16(15)24-5-2)18(22)21-17(19)14-8-12(3)10-20-11-14/h6-8,10-11,16H,4-5,9H2,1-3H3,(H2,19,21,22). The van der Waals surface area contributed by atoms with Crippen LogP contribution in [0.25, 0.3) is 0 Å². The normalized spacial score (nSPS) is 16.9. The maximum absolute atomic E-state index is 12.4. The second kappa shape index (κ2) is 8.40. The molecule has 1 unspecified atom stereocenters. The van der Waals surface area contributed by atoms with Crippen molar-refractivity contribution in [1.82, 2.24) is 10.3 Å². The fourth-order valence-electron chi connectivity index (χ4n) is 2.43. The lowest BCUT2D eigenvalue weighted by molar-refractivity contribution is -0.116. The van der Waals surface area contributed by atoms with E-state index in [1.165, 1.54) is 0 Å². The van der Waals surface area contributed by atoms with Crippen molar-refractivity contribution < 1.29 is 14.3 Å². The summed E-state index contributed by atoms with van der Waals surface area (Å²) in [6.07, 6.45) is 6.90. The number of amidine groups is 1. The summed E-state index contributed by atoms with van der Waals surface area (Å²) < 4.78 is 11.2. The van der Waals surface area contributed by atoms with Crippen molar-refractivity contribution in [1.29, 1.82) is 5.41 Å². The number of pyridine rings is 1. The van der Waals surface area contributed by atoms with Gasteiger partial charge in [0.25, 0.3) is 5.91 Å². The van der Waals surface area contributed by atoms with Gasteiger partial charge in [0, 0.05) is 36.6 Å². The molecule has 128 valence electrons. The SMILES string of the molecule is CCOC1=CC=C(C(=O)NC(=N)c2cncc(C)c2)CC1OCC. The van der Waals surface area contributed by atoms with Crippen LogP contribution in [0.3, 0.4) is 0 Å². The Morgan fingerprint density at radius 3 is 2.79 bits per heavy atom. The maximum Gasteiger partial charge on any atom is 0.252 e. The molecule has 1 aromatic heterocycles. The van der Waals surface area contributed by atoms with Crippen molar-refractivity contribution in [2.45, 2.75) is 33.3 Å². The van der Waals surface area contributed by atoms with Crippen molar-refractivity contribution in [3.8, 4) is 0 Å². The van der Waals surface area contributed by atoms with Gasteiger partial charge in [-0.2, -0.15) is 0 Å². The Kier molecular flexibility index (Phi) is 6.26. The first-order valence-electron chi connectivity index (χ1n) is 8.02. The van der Waals surface area contributed by atoms with Crippen LogP contribution in [0.1, 0.15) is 31.4 Å². The van der Waals surface area contributed by atoms with Crippen LogP contribution >= 0.6 is 0 Å². The molecular weight excluding hydrogens is 306 g/mol. The second-order valence-electron chi connectivity index (χ2n) is 5.42. The molecule has 0 aliphatic heterocycles. The highest BCUT2D eigenvalue weighted by atomic mass is 16.5. The zero-order valence-electron chi connectivity index (χ0n) is 14.3. The molecule has 2 rings (SSSR count). The molecule has 0 saturated heterocycles. The summed E-state index contributed by atoms with van der Waals surface area (Å²) in [6, 6.07) is 1.81. The molecule has 0 fully saturated rings. The average Bonchev–Trinajstić information content (AvgIpc) is 2.56. The highest BCUT2D eigenvalue weighted by Crippen LogP contribution is 2.23. The van der Waals surface area contributed by atoms with E-state index in [4.69, 9.17) is 14.9 Å². The maximum atomic E-state index is 12.4. The third kappa shape index (κ3) is 4.52. The van der Waals surface area contributed by atoms with Crippen molar-refractivity contribution >= 4 is 11.7 Å². The fourth-order valence-corrected chi connectivity index (χ4v) is 2.43. The minimum Gasteiger partial charge on any atom is -0.495 e. The summed E-state index contributed by atoms with van der Waals surface area (Å²) in [5.74, 6) is 0.455. The molecule has 6 nitrogen and oxygen atoms in total. The van der Waals surface area contributed by atoms with Gasteiger partial charge < -0.3 is 14.8 Å². The highest BCUT2D eigenvalue weighted by Gasteiger charge is 2.25. The van der Waals surface area contributed by atoms with E-state index >= 15 is 0 Å². The summed E-state index contributed by atoms with van der Waals surface area (Å²) in [6.45, 7) is 6.79. The molecule has 0 spiro atoms. The van der Waals surface area contributed by atoms with Crippen LogP contribution in [-0.2, 0) is 14.3 Å². The third-order valence-electron chi connectivity index (χ3n) is 3.54. The molecular formula is C18H23N3O3. The number of aryl methyl sites for hydroxylation is 1. The quantitative estimate of drug-likeness (QED) is 0.620. The summed E-state index contributed by atoms with van der Waals surface area (Å²) in [7, 11) is 0. The molecule has 0 saturated carbocycles. The van der Waals surface area contributed by atoms with Gasteiger partial charge in [-0.15, -0.1) is 0 Å². The molecule has 1 amide bonds. The van der Waals surface area contributed by atoms with Crippen LogP contribution in [0.5, 0.6) is 0 Å². The molecule has 2 N–H and O–H groups in total. The number of rotatable bonds is 6. The Morgan fingerprint density at radius 1 is 1.33 bits per heavy atom. The van der Waals surface area contributed by atoms with Gasteiger partial charge in [0.2, 0.25) is 0 Å². The minimum atomic E-state index is -0.307. The largest absolute Gasteiger partial charge is 0.495 e. The molecule has 1 heterocycles. The number of nitrogens with one attached hydrogen (secondary N) is 2. The predicted molar refractivity (Wildman–Crippen MR) is 91.8 cm³/mol. The molecule has 6 heteroatoms. The fraction of sp³-hybridized carbons (Fsp3) is 0.389. The van der Waals surface area contributed by atoms with Crippen molar-refractivity contribution in [2.24, 2.45) is 0 Å². The molecule has 1 aromatic rings. The summed E-state index contributed by atoms with van der Waals surface area (Å²) in [5, 5.41) is 10.7. The number of nitrogens with zero attached hydrogens (tertiary/aromatic N) is 1. The number of aromatic nitrogens is 1. The van der Waals surface area contributed by atoms with E-state index in [1.807, 2.05) is 20.8 Å². The van der Waals surface area contributed by atoms with Gasteiger partial charge in [-0.05, 0) is 44.6 Å². The highest BCUT2D eigenvalue weighted by molar-refractivity contribution is 6.11. The zero-order chi connectivity index (χ0) is 17.5. The Balaban J connectivity index is 2.07.